The second kappa shape index (κ2) is 16.3. The minimum Gasteiger partial charge on any atom is -0.453 e. The van der Waals surface area contributed by atoms with Crippen LogP contribution in [0.4, 0.5) is 0 Å². The predicted octanol–water partition coefficient (Wildman–Crippen LogP) is 5.94. The van der Waals surface area contributed by atoms with E-state index in [9.17, 15) is 19.5 Å². The van der Waals surface area contributed by atoms with E-state index in [1.807, 2.05) is 102 Å². The number of aromatic nitrogens is 2. The molecule has 11 heteroatoms. The number of carbonyl (C=O) groups is 2. The van der Waals surface area contributed by atoms with Crippen LogP contribution in [0.25, 0.3) is 22.2 Å². The number of aliphatic hydroxyl groups is 1. The van der Waals surface area contributed by atoms with Crippen molar-refractivity contribution >= 4 is 22.9 Å². The van der Waals surface area contributed by atoms with Crippen LogP contribution in [-0.4, -0.2) is 63.3 Å². The number of nitrogens with zero attached hydrogens (tertiary/aromatic N) is 2. The first-order valence-electron chi connectivity index (χ1n) is 18.3. The number of esters is 1. The maximum atomic E-state index is 12.9. The third-order valence-electron chi connectivity index (χ3n) is 10.3. The molecule has 2 aliphatic heterocycles. The molecule has 0 radical (unpaired) electrons. The summed E-state index contributed by atoms with van der Waals surface area (Å²) in [5.74, 6) is -0.862. The molecular formula is C42H46N4O7. The predicted molar refractivity (Wildman–Crippen MR) is 201 cm³/mol. The number of para-hydroxylation sites is 2. The largest absolute Gasteiger partial charge is 0.453 e. The number of piperidine rings is 1. The molecule has 4 aromatic carbocycles. The van der Waals surface area contributed by atoms with E-state index in [0.717, 1.165) is 76.9 Å². The molecule has 2 saturated heterocycles. The number of likely N-dealkylation sites (tertiary alicyclic amines) is 1. The van der Waals surface area contributed by atoms with Gasteiger partial charge in [-0.15, -0.1) is 0 Å². The third-order valence-corrected chi connectivity index (χ3v) is 10.3. The fraction of sp³-hybridized carbons (Fsp3) is 0.357. The Hall–Kier alpha value is -5.07. The van der Waals surface area contributed by atoms with E-state index in [1.165, 1.54) is 6.92 Å². The summed E-state index contributed by atoms with van der Waals surface area (Å²) in [6.45, 7) is 5.55. The number of ether oxygens (including phenoxy) is 3. The number of aliphatic hydroxyl groups excluding tert-OH is 1. The number of amides is 1. The molecule has 0 unspecified atom stereocenters. The Morgan fingerprint density at radius 1 is 0.925 bits per heavy atom. The Morgan fingerprint density at radius 2 is 1.62 bits per heavy atom. The van der Waals surface area contributed by atoms with Gasteiger partial charge in [-0.2, -0.15) is 0 Å². The summed E-state index contributed by atoms with van der Waals surface area (Å²) < 4.78 is 20.2. The van der Waals surface area contributed by atoms with Crippen LogP contribution in [0.5, 0.6) is 0 Å². The molecular weight excluding hydrogens is 672 g/mol. The van der Waals surface area contributed by atoms with Crippen LogP contribution in [0.15, 0.2) is 102 Å². The lowest BCUT2D eigenvalue weighted by Crippen LogP contribution is -2.43. The Morgan fingerprint density at radius 3 is 2.36 bits per heavy atom. The van der Waals surface area contributed by atoms with E-state index < -0.39 is 18.4 Å². The maximum absolute atomic E-state index is 12.9. The van der Waals surface area contributed by atoms with Crippen molar-refractivity contribution in [2.45, 2.75) is 76.9 Å². The Bertz CT molecular complexity index is 2080. The van der Waals surface area contributed by atoms with Crippen molar-refractivity contribution in [1.29, 1.82) is 0 Å². The number of hydrogen-bond acceptors (Lipinski definition) is 8. The molecule has 0 spiro atoms. The van der Waals surface area contributed by atoms with Crippen molar-refractivity contribution in [1.82, 2.24) is 19.8 Å². The van der Waals surface area contributed by atoms with Crippen molar-refractivity contribution in [3.8, 4) is 11.1 Å². The van der Waals surface area contributed by atoms with Crippen molar-refractivity contribution in [2.75, 3.05) is 19.6 Å². The zero-order valence-corrected chi connectivity index (χ0v) is 30.1. The molecule has 0 aliphatic carbocycles. The number of hydrogen-bond donors (Lipinski definition) is 3. The van der Waals surface area contributed by atoms with Crippen LogP contribution in [0.2, 0.25) is 0 Å². The summed E-state index contributed by atoms with van der Waals surface area (Å²) in [5.41, 5.74) is 7.43. The molecule has 0 bridgehead atoms. The van der Waals surface area contributed by atoms with Gasteiger partial charge in [-0.05, 0) is 59.7 Å². The van der Waals surface area contributed by atoms with Gasteiger partial charge in [-0.1, -0.05) is 84.9 Å². The molecule has 276 valence electrons. The summed E-state index contributed by atoms with van der Waals surface area (Å²) in [7, 11) is 0. The zero-order chi connectivity index (χ0) is 36.9. The first kappa shape index (κ1) is 36.3. The molecule has 3 N–H and O–H groups in total. The Balaban J connectivity index is 1.05. The summed E-state index contributed by atoms with van der Waals surface area (Å²) >= 11 is 0. The standard InChI is InChI=1S/C42H46N4O7/c1-27(51-28(2)48)40(49)43-24-33-7-3-4-8-36(33)30-15-17-32(18-16-30)41-52-35(23-39(53-41)31-13-11-29(26-47)12-14-31)25-45-21-19-34(20-22-45)46-38-10-6-5-9-37(38)44-42(46)50/h3-18,27,34-35,39,41,47H,19-26H2,1-2H3,(H,43,49)(H,44,50)/t27-,35-,39+,41+/m0/s1. The highest BCUT2D eigenvalue weighted by atomic mass is 16.7. The van der Waals surface area contributed by atoms with Crippen LogP contribution in [0.1, 0.15) is 73.8 Å². The normalized spacial score (nSPS) is 20.2. The number of rotatable bonds is 11. The number of imidazole rings is 1. The maximum Gasteiger partial charge on any atom is 0.326 e. The number of benzene rings is 4. The Kier molecular flexibility index (Phi) is 11.2. The number of nitrogens with one attached hydrogen (secondary N) is 2. The monoisotopic (exact) mass is 718 g/mol. The van der Waals surface area contributed by atoms with Gasteiger partial charge in [0.05, 0.1) is 29.8 Å². The van der Waals surface area contributed by atoms with Gasteiger partial charge in [0.15, 0.2) is 12.4 Å². The number of H-pyrrole nitrogens is 1. The second-order valence-corrected chi connectivity index (χ2v) is 13.9. The van der Waals surface area contributed by atoms with E-state index in [0.29, 0.717) is 6.42 Å². The average Bonchev–Trinajstić information content (AvgIpc) is 3.52. The quantitative estimate of drug-likeness (QED) is 0.143. The molecule has 2 aliphatic rings. The molecule has 0 saturated carbocycles. The lowest BCUT2D eigenvalue weighted by atomic mass is 9.97. The fourth-order valence-corrected chi connectivity index (χ4v) is 7.52. The molecule has 4 atom stereocenters. The second-order valence-electron chi connectivity index (χ2n) is 13.9. The molecule has 1 amide bonds. The molecule has 11 nitrogen and oxygen atoms in total. The summed E-state index contributed by atoms with van der Waals surface area (Å²) in [6.07, 6.45) is 0.665. The van der Waals surface area contributed by atoms with Crippen LogP contribution in [0.3, 0.4) is 0 Å². The minimum atomic E-state index is -0.877. The SMILES string of the molecule is CC(=O)O[C@@H](C)C(=O)NCc1ccccc1-c1ccc([C@@H]2O[C@H](CN3CCC(n4c(=O)[nH]c5ccccc54)CC3)C[C@H](c3ccc(CO)cc3)O2)cc1. The highest BCUT2D eigenvalue weighted by Gasteiger charge is 2.34. The molecule has 7 rings (SSSR count). The number of aromatic amines is 1. The van der Waals surface area contributed by atoms with Gasteiger partial charge in [-0.25, -0.2) is 4.79 Å². The van der Waals surface area contributed by atoms with E-state index in [-0.39, 0.29) is 43.0 Å². The smallest absolute Gasteiger partial charge is 0.326 e. The first-order valence-corrected chi connectivity index (χ1v) is 18.3. The van der Waals surface area contributed by atoms with Crippen LogP contribution in [-0.2, 0) is 37.0 Å². The first-order chi connectivity index (χ1) is 25.7. The van der Waals surface area contributed by atoms with E-state index in [2.05, 4.69) is 15.2 Å². The minimum absolute atomic E-state index is 0.0178. The van der Waals surface area contributed by atoms with Crippen molar-refractivity contribution in [3.63, 3.8) is 0 Å². The van der Waals surface area contributed by atoms with E-state index >= 15 is 0 Å². The van der Waals surface area contributed by atoms with Gasteiger partial charge in [0.2, 0.25) is 0 Å². The summed E-state index contributed by atoms with van der Waals surface area (Å²) in [6, 6.07) is 31.9. The lowest BCUT2D eigenvalue weighted by Gasteiger charge is -2.40. The van der Waals surface area contributed by atoms with Gasteiger partial charge in [0.25, 0.3) is 5.91 Å². The van der Waals surface area contributed by atoms with Crippen molar-refractivity contribution in [2.24, 2.45) is 0 Å². The third kappa shape index (κ3) is 8.44. The highest BCUT2D eigenvalue weighted by Crippen LogP contribution is 2.39. The molecule has 3 heterocycles. The van der Waals surface area contributed by atoms with Crippen molar-refractivity contribution < 1.29 is 28.9 Å². The zero-order valence-electron chi connectivity index (χ0n) is 30.1. The average molecular weight is 719 g/mol. The fourth-order valence-electron chi connectivity index (χ4n) is 7.52. The summed E-state index contributed by atoms with van der Waals surface area (Å²) in [4.78, 5) is 42.1. The van der Waals surface area contributed by atoms with Gasteiger partial charge in [0, 0.05) is 51.1 Å². The van der Waals surface area contributed by atoms with Crippen LogP contribution < -0.4 is 11.0 Å². The number of fused-ring (bicyclic) bond motifs is 1. The summed E-state index contributed by atoms with van der Waals surface area (Å²) in [5, 5.41) is 12.5. The number of carbonyl (C=O) groups excluding carboxylic acids is 2. The molecule has 2 fully saturated rings. The van der Waals surface area contributed by atoms with Gasteiger partial charge in [-0.3, -0.25) is 14.2 Å². The lowest BCUT2D eigenvalue weighted by molar-refractivity contribution is -0.253. The molecule has 5 aromatic rings. The molecule has 1 aromatic heterocycles. The van der Waals surface area contributed by atoms with E-state index in [1.54, 1.807) is 6.92 Å². The van der Waals surface area contributed by atoms with Crippen molar-refractivity contribution in [3.05, 3.63) is 130 Å². The highest BCUT2D eigenvalue weighted by molar-refractivity contribution is 5.83. The topological polar surface area (TPSA) is 135 Å². The van der Waals surface area contributed by atoms with Gasteiger partial charge in [0.1, 0.15) is 0 Å². The Labute approximate surface area is 308 Å². The van der Waals surface area contributed by atoms with Gasteiger partial charge >= 0.3 is 11.7 Å². The van der Waals surface area contributed by atoms with Crippen LogP contribution in [0, 0.1) is 0 Å². The van der Waals surface area contributed by atoms with Crippen LogP contribution >= 0.6 is 0 Å². The molecule has 53 heavy (non-hydrogen) atoms. The van der Waals surface area contributed by atoms with E-state index in [4.69, 9.17) is 14.2 Å². The van der Waals surface area contributed by atoms with Gasteiger partial charge < -0.3 is 34.5 Å².